The fraction of sp³-hybridized carbons (Fsp3) is 0.544. The number of aromatic hydroxyl groups is 1. The van der Waals surface area contributed by atoms with Gasteiger partial charge in [0.05, 0.1) is 17.6 Å². The Hall–Kier alpha value is -6.04. The summed E-state index contributed by atoms with van der Waals surface area (Å²) in [5.41, 5.74) is 2.74. The van der Waals surface area contributed by atoms with Crippen molar-refractivity contribution in [2.75, 3.05) is 75.3 Å². The summed E-state index contributed by atoms with van der Waals surface area (Å²) in [5.74, 6) is -1.57. The number of imide groups is 1. The number of rotatable bonds is 11. The monoisotopic (exact) mass is 1010 g/mol. The Bertz CT molecular complexity index is 3050. The predicted octanol–water partition coefficient (Wildman–Crippen LogP) is 7.51. The Kier molecular flexibility index (Phi) is 12.5. The van der Waals surface area contributed by atoms with Gasteiger partial charge in [0.2, 0.25) is 11.8 Å². The van der Waals surface area contributed by atoms with E-state index in [1.54, 1.807) is 30.2 Å². The van der Waals surface area contributed by atoms with Crippen molar-refractivity contribution in [2.24, 2.45) is 10.8 Å². The summed E-state index contributed by atoms with van der Waals surface area (Å²) >= 11 is 0. The number of hydrogen-bond acceptors (Lipinski definition) is 13. The number of β-amino-alcohol motifs (C(OH)–C–C–N with tert-alkyl or cyclic N) is 1. The van der Waals surface area contributed by atoms with Gasteiger partial charge in [-0.3, -0.25) is 29.6 Å². The van der Waals surface area contributed by atoms with E-state index in [9.17, 15) is 24.6 Å². The number of halogens is 2. The van der Waals surface area contributed by atoms with Gasteiger partial charge >= 0.3 is 6.01 Å². The quantitative estimate of drug-likeness (QED) is 0.111. The minimum absolute atomic E-state index is 0.0201. The highest BCUT2D eigenvalue weighted by atomic mass is 19.1. The van der Waals surface area contributed by atoms with Crippen LogP contribution in [-0.2, 0) is 22.6 Å². The summed E-state index contributed by atoms with van der Waals surface area (Å²) in [4.78, 5) is 63.1. The summed E-state index contributed by atoms with van der Waals surface area (Å²) in [5, 5.41) is 25.7. The number of nitrogens with one attached hydrogen (secondary N) is 1. The van der Waals surface area contributed by atoms with Crippen LogP contribution in [0.1, 0.15) is 112 Å². The number of piperidine rings is 3. The van der Waals surface area contributed by atoms with Gasteiger partial charge in [-0.25, -0.2) is 8.78 Å². The first-order valence-electron chi connectivity index (χ1n) is 27.1. The number of phenolic OH excluding ortho intramolecular Hbond substituents is 1. The van der Waals surface area contributed by atoms with E-state index in [0.29, 0.717) is 90.1 Å². The van der Waals surface area contributed by atoms with Crippen molar-refractivity contribution < 1.29 is 38.1 Å². The summed E-state index contributed by atoms with van der Waals surface area (Å²) in [6, 6.07) is 12.0. The molecule has 3 N–H and O–H groups in total. The van der Waals surface area contributed by atoms with Gasteiger partial charge in [-0.1, -0.05) is 13.0 Å². The first kappa shape index (κ1) is 48.9. The molecule has 74 heavy (non-hydrogen) atoms. The Labute approximate surface area is 430 Å². The van der Waals surface area contributed by atoms with Crippen LogP contribution in [-0.4, -0.2) is 141 Å². The molecule has 7 aliphatic rings. The highest BCUT2D eigenvalue weighted by Gasteiger charge is 2.48. The summed E-state index contributed by atoms with van der Waals surface area (Å²) in [7, 11) is 0. The molecule has 0 radical (unpaired) electrons. The van der Waals surface area contributed by atoms with Crippen molar-refractivity contribution in [1.82, 2.24) is 35.0 Å². The third-order valence-corrected chi connectivity index (χ3v) is 18.0. The SMILES string of the molecule is CCc1c(F)ccc2cc(O)cc(-c3ncc4c(N5CCC[C@@](C)(O)C5)nc(OCC5(CN6CCC7(CCC(N8CCN(c9ccc%10c(c9)CN([C@H]9CCC(=O)NC9=O)C%10=O)CC8)CC7)CC6)CC5)nc4c3F)c12. The lowest BCUT2D eigenvalue weighted by atomic mass is 9.66. The number of benzene rings is 3. The smallest absolute Gasteiger partial charge is 0.319 e. The van der Waals surface area contributed by atoms with Crippen LogP contribution in [0.4, 0.5) is 20.3 Å². The number of amides is 3. The highest BCUT2D eigenvalue weighted by Crippen LogP contribution is 2.50. The van der Waals surface area contributed by atoms with Gasteiger partial charge in [0, 0.05) is 93.2 Å². The Morgan fingerprint density at radius 3 is 2.36 bits per heavy atom. The second-order valence-corrected chi connectivity index (χ2v) is 23.1. The molecule has 17 heteroatoms. The van der Waals surface area contributed by atoms with Crippen molar-refractivity contribution in [1.29, 1.82) is 0 Å². The molecule has 2 atom stereocenters. The second-order valence-electron chi connectivity index (χ2n) is 23.1. The topological polar surface area (TPSA) is 168 Å². The molecule has 5 aliphatic heterocycles. The third kappa shape index (κ3) is 9.20. The molecular weight excluding hydrogens is 945 g/mol. The van der Waals surface area contributed by atoms with Crippen molar-refractivity contribution in [2.45, 2.75) is 122 Å². The van der Waals surface area contributed by atoms with Gasteiger partial charge in [-0.05, 0) is 161 Å². The van der Waals surface area contributed by atoms with Gasteiger partial charge in [-0.2, -0.15) is 9.97 Å². The van der Waals surface area contributed by atoms with Gasteiger partial charge < -0.3 is 34.5 Å². The largest absolute Gasteiger partial charge is 0.508 e. The van der Waals surface area contributed by atoms with Crippen LogP contribution in [0, 0.1) is 22.5 Å². The zero-order valence-electron chi connectivity index (χ0n) is 42.6. The van der Waals surface area contributed by atoms with Crippen LogP contribution in [0.2, 0.25) is 0 Å². The number of ether oxygens (including phenoxy) is 1. The Morgan fingerprint density at radius 1 is 0.851 bits per heavy atom. The van der Waals surface area contributed by atoms with E-state index in [1.165, 1.54) is 50.7 Å². The number of fused-ring (bicyclic) bond motifs is 3. The average Bonchev–Trinajstić information content (AvgIpc) is 4.09. The number of phenols is 1. The number of piperazine rings is 1. The predicted molar refractivity (Wildman–Crippen MR) is 277 cm³/mol. The number of hydrogen-bond donors (Lipinski definition) is 3. The van der Waals surface area contributed by atoms with E-state index in [-0.39, 0.29) is 58.1 Å². The number of aryl methyl sites for hydroxylation is 1. The Morgan fingerprint density at radius 2 is 1.64 bits per heavy atom. The van der Waals surface area contributed by atoms with Crippen LogP contribution in [0.15, 0.2) is 48.7 Å². The fourth-order valence-corrected chi connectivity index (χ4v) is 13.5. The molecule has 12 rings (SSSR count). The van der Waals surface area contributed by atoms with Gasteiger partial charge in [0.1, 0.15) is 34.6 Å². The molecule has 0 unspecified atom stereocenters. The Balaban J connectivity index is 0.669. The van der Waals surface area contributed by atoms with Crippen molar-refractivity contribution in [3.63, 3.8) is 0 Å². The molecule has 1 spiro atoms. The number of carbonyl (C=O) groups excluding carboxylic acids is 3. The van der Waals surface area contributed by atoms with Crippen LogP contribution in [0.5, 0.6) is 11.8 Å². The highest BCUT2D eigenvalue weighted by molar-refractivity contribution is 6.06. The van der Waals surface area contributed by atoms with Crippen LogP contribution in [0.25, 0.3) is 32.9 Å². The molecule has 2 aliphatic carbocycles. The summed E-state index contributed by atoms with van der Waals surface area (Å²) in [6.07, 6.45) is 13.3. The lowest BCUT2D eigenvalue weighted by Gasteiger charge is -2.49. The molecule has 3 aromatic carbocycles. The number of carbonyl (C=O) groups is 3. The zero-order chi connectivity index (χ0) is 51.1. The number of anilines is 2. The standard InChI is InChI=1S/C57H67F2N9O6/c1-3-40-44(58)8-5-35-28-39(69)29-42(47(35)40)49-48(59)50-43(30-60-49)51(67-20-4-13-55(2,73)32-67)63-54(62-50)74-34-57(16-17-57)33-64-21-18-56(19-22-64)14-11-37(12-15-56)65-23-25-66(26-24-65)38-6-7-41-36(27-38)31-68(53(41)72)45-9-10-46(70)61-52(45)71/h5-8,27-30,37,45,69,73H,3-4,9-26,31-34H2,1-2H3,(H,61,70,71)/t45-,55+/m0/s1. The van der Waals surface area contributed by atoms with Crippen LogP contribution < -0.4 is 19.9 Å². The number of likely N-dealkylation sites (tertiary alicyclic amines) is 1. The van der Waals surface area contributed by atoms with Gasteiger partial charge in [0.25, 0.3) is 5.91 Å². The molecule has 0 bridgehead atoms. The van der Waals surface area contributed by atoms with Crippen LogP contribution in [0.3, 0.4) is 0 Å². The average molecular weight is 1010 g/mol. The van der Waals surface area contributed by atoms with E-state index in [0.717, 1.165) is 76.3 Å². The molecule has 6 fully saturated rings. The minimum atomic E-state index is -0.963. The number of aliphatic hydroxyl groups is 1. The molecule has 2 aromatic heterocycles. The molecule has 7 heterocycles. The number of aromatic nitrogens is 3. The van der Waals surface area contributed by atoms with E-state index in [2.05, 4.69) is 31.1 Å². The van der Waals surface area contributed by atoms with Crippen molar-refractivity contribution >= 4 is 50.9 Å². The molecule has 4 saturated heterocycles. The molecule has 390 valence electrons. The maximum atomic E-state index is 17.2. The third-order valence-electron chi connectivity index (χ3n) is 18.0. The zero-order valence-corrected chi connectivity index (χ0v) is 42.6. The lowest BCUT2D eigenvalue weighted by molar-refractivity contribution is -0.136. The minimum Gasteiger partial charge on any atom is -0.508 e. The van der Waals surface area contributed by atoms with Crippen LogP contribution >= 0.6 is 0 Å². The first-order valence-corrected chi connectivity index (χ1v) is 27.1. The number of pyridine rings is 1. The van der Waals surface area contributed by atoms with Gasteiger partial charge in [-0.15, -0.1) is 0 Å². The lowest BCUT2D eigenvalue weighted by Crippen LogP contribution is -2.52. The van der Waals surface area contributed by atoms with E-state index >= 15 is 8.78 Å². The number of nitrogens with zero attached hydrogens (tertiary/aromatic N) is 8. The fourth-order valence-electron chi connectivity index (χ4n) is 13.5. The van der Waals surface area contributed by atoms with Crippen molar-refractivity contribution in [3.05, 3.63) is 77.0 Å². The maximum Gasteiger partial charge on any atom is 0.319 e. The molecule has 5 aromatic rings. The van der Waals surface area contributed by atoms with Gasteiger partial charge in [0.15, 0.2) is 5.82 Å². The maximum absolute atomic E-state index is 17.2. The van der Waals surface area contributed by atoms with E-state index < -0.39 is 23.3 Å². The molecule has 2 saturated carbocycles. The second kappa shape index (κ2) is 19.0. The summed E-state index contributed by atoms with van der Waals surface area (Å²) < 4.78 is 38.9. The molecular formula is C57H67F2N9O6. The normalized spacial score (nSPS) is 24.5. The first-order chi connectivity index (χ1) is 35.7. The van der Waals surface area contributed by atoms with E-state index in [4.69, 9.17) is 14.7 Å². The van der Waals surface area contributed by atoms with E-state index in [1.807, 2.05) is 24.0 Å². The molecule has 3 amide bonds. The van der Waals surface area contributed by atoms with Crippen molar-refractivity contribution in [3.8, 4) is 23.0 Å². The summed E-state index contributed by atoms with van der Waals surface area (Å²) in [6.45, 7) is 12.3. The molecule has 15 nitrogen and oxygen atoms in total.